The minimum absolute atomic E-state index is 0.195. The van der Waals surface area contributed by atoms with Crippen molar-refractivity contribution in [3.8, 4) is 0 Å². The van der Waals surface area contributed by atoms with E-state index in [4.69, 9.17) is 17.0 Å². The van der Waals surface area contributed by atoms with Gasteiger partial charge in [-0.05, 0) is 43.4 Å². The van der Waals surface area contributed by atoms with E-state index in [9.17, 15) is 8.42 Å². The molecule has 1 heterocycles. The van der Waals surface area contributed by atoms with Crippen LogP contribution in [0, 0.1) is 6.92 Å². The maximum atomic E-state index is 12.8. The van der Waals surface area contributed by atoms with Gasteiger partial charge in [0.05, 0.1) is 18.8 Å². The molecule has 0 bridgehead atoms. The lowest BCUT2D eigenvalue weighted by Crippen LogP contribution is -2.80. The van der Waals surface area contributed by atoms with Gasteiger partial charge in [-0.2, -0.15) is 12.8 Å². The number of aryl methyl sites for hydroxylation is 1. The molecule has 0 unspecified atom stereocenters. The number of thiocarbonyl (C=S) groups is 1. The average Bonchev–Trinajstić information content (AvgIpc) is 2.69. The number of nitrogens with one attached hydrogen (secondary N) is 2. The summed E-state index contributed by atoms with van der Waals surface area (Å²) in [6.45, 7) is 4.43. The van der Waals surface area contributed by atoms with Crippen LogP contribution in [0.5, 0.6) is 0 Å². The zero-order valence-electron chi connectivity index (χ0n) is 15.0. The number of morpholine rings is 1. The van der Waals surface area contributed by atoms with Crippen LogP contribution in [-0.2, 0) is 14.8 Å². The van der Waals surface area contributed by atoms with Crippen LogP contribution in [0.1, 0.15) is 11.1 Å². The molecule has 0 spiro atoms. The van der Waals surface area contributed by atoms with Crippen LogP contribution in [0.3, 0.4) is 0 Å². The highest BCUT2D eigenvalue weighted by molar-refractivity contribution is 7.84. The van der Waals surface area contributed by atoms with Crippen LogP contribution in [0.25, 0.3) is 0 Å². The Morgan fingerprint density at radius 3 is 2.33 bits per heavy atom. The van der Waals surface area contributed by atoms with Gasteiger partial charge < -0.3 is 9.64 Å². The molecule has 0 saturated carbocycles. The summed E-state index contributed by atoms with van der Waals surface area (Å²) in [6, 6.07) is 15.9. The minimum Gasteiger partial charge on any atom is -0.378 e. The lowest BCUT2D eigenvalue weighted by molar-refractivity contribution is -0.269. The number of nitrogens with zero attached hydrogens (tertiary/aromatic N) is 1. The highest BCUT2D eigenvalue weighted by atomic mass is 32.2. The van der Waals surface area contributed by atoms with E-state index in [0.29, 0.717) is 42.8 Å². The molecule has 1 aliphatic rings. The largest absolute Gasteiger partial charge is 0.378 e. The van der Waals surface area contributed by atoms with Crippen molar-refractivity contribution < 1.29 is 17.6 Å². The maximum absolute atomic E-state index is 12.8. The molecule has 0 atom stereocenters. The van der Waals surface area contributed by atoms with Crippen LogP contribution in [-0.4, -0.2) is 50.6 Å². The highest BCUT2D eigenvalue weighted by Gasteiger charge is 2.24. The molecule has 1 fully saturated rings. The predicted octanol–water partition coefficient (Wildman–Crippen LogP) is 0.418. The first-order valence-corrected chi connectivity index (χ1v) is 10.5. The van der Waals surface area contributed by atoms with Gasteiger partial charge in [0.2, 0.25) is 0 Å². The number of amidine groups is 1. The van der Waals surface area contributed by atoms with Crippen LogP contribution in [0.4, 0.5) is 0 Å². The highest BCUT2D eigenvalue weighted by Crippen LogP contribution is 2.07. The van der Waals surface area contributed by atoms with Gasteiger partial charge in [0.15, 0.2) is 0 Å². The molecule has 0 aromatic heterocycles. The standard InChI is InChI=1S/C19H21N3O3S2/c1-15-7-9-17(10-8-15)27(23,24)21-18(16-5-3-2-4-6-16)20-19(26)22-11-13-25-14-12-22/h2-10H,11-14H2,1H3,(H,20,21,26)/p+1. The third-order valence-electron chi connectivity index (χ3n) is 4.16. The second-order valence-electron chi connectivity index (χ2n) is 6.19. The average molecular weight is 405 g/mol. The maximum Gasteiger partial charge on any atom is 0.328 e. The Morgan fingerprint density at radius 1 is 1.07 bits per heavy atom. The first-order chi connectivity index (χ1) is 13.0. The molecule has 2 aromatic carbocycles. The van der Waals surface area contributed by atoms with Gasteiger partial charge in [0, 0.05) is 13.1 Å². The van der Waals surface area contributed by atoms with Crippen molar-refractivity contribution >= 4 is 33.2 Å². The summed E-state index contributed by atoms with van der Waals surface area (Å²) in [5.41, 5.74) is 1.69. The molecule has 0 radical (unpaired) electrons. The molecule has 27 heavy (non-hydrogen) atoms. The van der Waals surface area contributed by atoms with Crippen LogP contribution >= 0.6 is 12.2 Å². The molecule has 142 valence electrons. The van der Waals surface area contributed by atoms with Crippen molar-refractivity contribution in [3.05, 3.63) is 65.7 Å². The summed E-state index contributed by atoms with van der Waals surface area (Å²) in [5, 5.41) is 3.53. The fraction of sp³-hybridized carbons (Fsp3) is 0.263. The van der Waals surface area contributed by atoms with E-state index in [1.54, 1.807) is 24.3 Å². The molecular weight excluding hydrogens is 382 g/mol. The van der Waals surface area contributed by atoms with Crippen molar-refractivity contribution in [2.75, 3.05) is 26.3 Å². The van der Waals surface area contributed by atoms with Gasteiger partial charge in [0.25, 0.3) is 10.9 Å². The molecule has 1 saturated heterocycles. The fourth-order valence-electron chi connectivity index (χ4n) is 2.62. The van der Waals surface area contributed by atoms with Crippen molar-refractivity contribution in [1.29, 1.82) is 0 Å². The van der Waals surface area contributed by atoms with Gasteiger partial charge in [-0.15, -0.1) is 0 Å². The number of rotatable bonds is 3. The van der Waals surface area contributed by atoms with E-state index in [1.165, 1.54) is 0 Å². The first-order valence-electron chi connectivity index (χ1n) is 8.61. The van der Waals surface area contributed by atoms with E-state index in [2.05, 4.69) is 9.71 Å². The summed E-state index contributed by atoms with van der Waals surface area (Å²) in [7, 11) is -3.75. The first kappa shape index (κ1) is 19.5. The number of sulfonamides is 1. The molecular formula is C19H22N3O3S2+. The Bertz CT molecular complexity index is 920. The Hall–Kier alpha value is -2.29. The van der Waals surface area contributed by atoms with Crippen LogP contribution < -0.4 is 9.71 Å². The molecule has 3 rings (SSSR count). The van der Waals surface area contributed by atoms with E-state index in [-0.39, 0.29) is 4.90 Å². The summed E-state index contributed by atoms with van der Waals surface area (Å²) < 4.78 is 33.7. The smallest absolute Gasteiger partial charge is 0.328 e. The normalized spacial score (nSPS) is 15.4. The van der Waals surface area contributed by atoms with Gasteiger partial charge in [-0.3, -0.25) is 0 Å². The fourth-order valence-corrected chi connectivity index (χ4v) is 3.96. The van der Waals surface area contributed by atoms with Crippen LogP contribution in [0.15, 0.2) is 59.5 Å². The molecule has 0 aliphatic carbocycles. The number of hydrogen-bond acceptors (Lipinski definition) is 4. The third-order valence-corrected chi connectivity index (χ3v) is 5.89. The summed E-state index contributed by atoms with van der Waals surface area (Å²) in [4.78, 5) is 2.16. The number of hydrogen-bond donors (Lipinski definition) is 2. The Kier molecular flexibility index (Phi) is 6.20. The van der Waals surface area contributed by atoms with Crippen molar-refractivity contribution in [1.82, 2.24) is 10.2 Å². The van der Waals surface area contributed by atoms with Gasteiger partial charge >= 0.3 is 10.0 Å². The molecule has 2 N–H and O–H groups in total. The molecule has 0 amide bonds. The summed E-state index contributed by atoms with van der Waals surface area (Å²) in [6.07, 6.45) is 0. The summed E-state index contributed by atoms with van der Waals surface area (Å²) >= 11 is 5.48. The molecule has 2 aromatic rings. The lowest BCUT2D eigenvalue weighted by Gasteiger charge is -2.26. The van der Waals surface area contributed by atoms with Gasteiger partial charge in [-0.25, -0.2) is 5.32 Å². The van der Waals surface area contributed by atoms with Crippen molar-refractivity contribution in [3.63, 3.8) is 0 Å². The molecule has 6 nitrogen and oxygen atoms in total. The Balaban J connectivity index is 1.93. The Labute approximate surface area is 164 Å². The minimum atomic E-state index is -3.75. The number of ether oxygens (including phenoxy) is 1. The van der Waals surface area contributed by atoms with E-state index in [0.717, 1.165) is 5.56 Å². The predicted molar refractivity (Wildman–Crippen MR) is 108 cm³/mol. The topological polar surface area (TPSA) is 72.6 Å². The number of benzene rings is 2. The van der Waals surface area contributed by atoms with Crippen molar-refractivity contribution in [2.45, 2.75) is 11.8 Å². The summed E-state index contributed by atoms with van der Waals surface area (Å²) in [5.74, 6) is 0.327. The second-order valence-corrected chi connectivity index (χ2v) is 8.26. The lowest BCUT2D eigenvalue weighted by atomic mass is 10.2. The monoisotopic (exact) mass is 404 g/mol. The SMILES string of the molecule is Cc1ccc(S(=O)(=O)[NH+]=C(NC(=S)N2CCOCC2)c2ccccc2)cc1. The zero-order chi connectivity index (χ0) is 19.3. The second kappa shape index (κ2) is 8.60. The third kappa shape index (κ3) is 5.12. The Morgan fingerprint density at radius 2 is 1.70 bits per heavy atom. The van der Waals surface area contributed by atoms with Gasteiger partial charge in [0.1, 0.15) is 4.90 Å². The van der Waals surface area contributed by atoms with Gasteiger partial charge in [-0.1, -0.05) is 35.9 Å². The van der Waals surface area contributed by atoms with E-state index in [1.807, 2.05) is 42.2 Å². The molecule has 1 aliphatic heterocycles. The van der Waals surface area contributed by atoms with Crippen molar-refractivity contribution in [2.24, 2.45) is 0 Å². The quantitative estimate of drug-likeness (QED) is 0.439. The molecule has 8 heteroatoms. The van der Waals surface area contributed by atoms with Crippen LogP contribution in [0.2, 0.25) is 0 Å². The van der Waals surface area contributed by atoms with E-state index >= 15 is 0 Å². The van der Waals surface area contributed by atoms with E-state index < -0.39 is 10.0 Å². The zero-order valence-corrected chi connectivity index (χ0v) is 16.6.